The number of alkyl halides is 1. The van der Waals surface area contributed by atoms with Crippen molar-refractivity contribution in [1.82, 2.24) is 15.5 Å². The highest BCUT2D eigenvalue weighted by Crippen LogP contribution is 2.38. The topological polar surface area (TPSA) is 54.9 Å². The van der Waals surface area contributed by atoms with Crippen LogP contribution in [0.3, 0.4) is 0 Å². The van der Waals surface area contributed by atoms with Gasteiger partial charge in [-0.15, -0.1) is 11.6 Å². The lowest BCUT2D eigenvalue weighted by molar-refractivity contribution is 0.0934. The van der Waals surface area contributed by atoms with Crippen LogP contribution < -0.4 is 5.32 Å². The zero-order valence-corrected chi connectivity index (χ0v) is 10.4. The summed E-state index contributed by atoms with van der Waals surface area (Å²) >= 11 is 6.02. The van der Waals surface area contributed by atoms with Gasteiger partial charge in [-0.2, -0.15) is 10.2 Å². The number of nitrogens with zero attached hydrogens (tertiary/aromatic N) is 2. The lowest BCUT2D eigenvalue weighted by atomic mass is 9.88. The number of nitrogens with one attached hydrogen (secondary N) is 1. The molecule has 0 aromatic carbocycles. The molecule has 1 saturated carbocycles. The van der Waals surface area contributed by atoms with Crippen molar-refractivity contribution in [1.29, 1.82) is 0 Å². The highest BCUT2D eigenvalue weighted by Gasteiger charge is 2.33. The normalized spacial score (nSPS) is 17.9. The molecule has 2 rings (SSSR count). The summed E-state index contributed by atoms with van der Waals surface area (Å²) in [4.78, 5) is 11.8. The molecule has 0 spiro atoms. The smallest absolute Gasteiger partial charge is 0.252 e. The summed E-state index contributed by atoms with van der Waals surface area (Å²) in [5, 5.41) is 10.3. The van der Waals surface area contributed by atoms with Crippen LogP contribution >= 0.6 is 11.6 Å². The van der Waals surface area contributed by atoms with Crippen molar-refractivity contribution in [3.63, 3.8) is 0 Å². The third-order valence-corrected chi connectivity index (χ3v) is 3.99. The molecule has 0 unspecified atom stereocenters. The summed E-state index contributed by atoms with van der Waals surface area (Å²) in [5.74, 6) is 0.512. The van der Waals surface area contributed by atoms with Crippen molar-refractivity contribution in [3.05, 3.63) is 24.0 Å². The molecule has 0 aliphatic heterocycles. The van der Waals surface area contributed by atoms with Crippen LogP contribution in [0.25, 0.3) is 0 Å². The van der Waals surface area contributed by atoms with Crippen molar-refractivity contribution < 1.29 is 4.79 Å². The van der Waals surface area contributed by atoms with Crippen molar-refractivity contribution >= 4 is 17.5 Å². The Morgan fingerprint density at radius 3 is 2.76 bits per heavy atom. The van der Waals surface area contributed by atoms with Gasteiger partial charge >= 0.3 is 0 Å². The van der Waals surface area contributed by atoms with E-state index >= 15 is 0 Å². The molecule has 0 saturated heterocycles. The second-order valence-corrected chi connectivity index (χ2v) is 4.92. The van der Waals surface area contributed by atoms with Crippen molar-refractivity contribution in [2.75, 3.05) is 12.4 Å². The molecule has 0 atom stereocenters. The molecule has 4 nitrogen and oxygen atoms in total. The Labute approximate surface area is 106 Å². The largest absolute Gasteiger partial charge is 0.351 e. The minimum Gasteiger partial charge on any atom is -0.351 e. The Hall–Kier alpha value is -1.16. The summed E-state index contributed by atoms with van der Waals surface area (Å²) in [6.07, 6.45) is 7.61. The highest BCUT2D eigenvalue weighted by molar-refractivity contribution is 6.18. The maximum absolute atomic E-state index is 11.8. The number of hydrogen-bond donors (Lipinski definition) is 1. The molecule has 17 heavy (non-hydrogen) atoms. The van der Waals surface area contributed by atoms with E-state index in [-0.39, 0.29) is 11.3 Å². The number of rotatable bonds is 4. The molecular weight excluding hydrogens is 238 g/mol. The van der Waals surface area contributed by atoms with Gasteiger partial charge in [-0.25, -0.2) is 0 Å². The number of halogens is 1. The van der Waals surface area contributed by atoms with Crippen LogP contribution in [0.2, 0.25) is 0 Å². The first-order chi connectivity index (χ1) is 8.26. The van der Waals surface area contributed by atoms with Crippen molar-refractivity contribution in [2.24, 2.45) is 5.41 Å². The third kappa shape index (κ3) is 2.94. The Balaban J connectivity index is 1.92. The van der Waals surface area contributed by atoms with Gasteiger partial charge in [0.05, 0.1) is 18.0 Å². The van der Waals surface area contributed by atoms with Crippen LogP contribution in [0.4, 0.5) is 0 Å². The Kier molecular flexibility index (Phi) is 3.94. The Morgan fingerprint density at radius 1 is 1.41 bits per heavy atom. The predicted molar refractivity (Wildman–Crippen MR) is 66.0 cm³/mol. The lowest BCUT2D eigenvalue weighted by Crippen LogP contribution is -2.37. The molecule has 1 aromatic heterocycles. The van der Waals surface area contributed by atoms with Gasteiger partial charge in [0.1, 0.15) is 0 Å². The van der Waals surface area contributed by atoms with E-state index in [9.17, 15) is 4.79 Å². The van der Waals surface area contributed by atoms with Gasteiger partial charge in [-0.1, -0.05) is 12.8 Å². The number of carbonyl (C=O) groups is 1. The molecular formula is C12H16ClN3O. The van der Waals surface area contributed by atoms with Crippen molar-refractivity contribution in [3.8, 4) is 0 Å². The van der Waals surface area contributed by atoms with Gasteiger partial charge < -0.3 is 5.32 Å². The van der Waals surface area contributed by atoms with E-state index in [1.807, 2.05) is 0 Å². The second kappa shape index (κ2) is 5.45. The minimum absolute atomic E-state index is 0.0949. The second-order valence-electron chi connectivity index (χ2n) is 4.65. The lowest BCUT2D eigenvalue weighted by Gasteiger charge is -2.26. The van der Waals surface area contributed by atoms with Crippen LogP contribution in [-0.4, -0.2) is 28.5 Å². The molecule has 92 valence electrons. The molecule has 1 heterocycles. The van der Waals surface area contributed by atoms with Gasteiger partial charge in [0.15, 0.2) is 0 Å². The first kappa shape index (κ1) is 12.3. The van der Waals surface area contributed by atoms with Crippen LogP contribution in [0, 0.1) is 5.41 Å². The predicted octanol–water partition coefficient (Wildman–Crippen LogP) is 2.01. The summed E-state index contributed by atoms with van der Waals surface area (Å²) in [7, 11) is 0. The Morgan fingerprint density at radius 2 is 2.18 bits per heavy atom. The van der Waals surface area contributed by atoms with Crippen LogP contribution in [0.5, 0.6) is 0 Å². The summed E-state index contributed by atoms with van der Waals surface area (Å²) < 4.78 is 0. The molecule has 1 N–H and O–H groups in total. The van der Waals surface area contributed by atoms with E-state index < -0.39 is 0 Å². The minimum atomic E-state index is -0.101. The average Bonchev–Trinajstić information content (AvgIpc) is 2.86. The first-order valence-electron chi connectivity index (χ1n) is 5.87. The number of hydrogen-bond acceptors (Lipinski definition) is 3. The number of amides is 1. The Bertz CT molecular complexity index is 377. The number of aromatic nitrogens is 2. The van der Waals surface area contributed by atoms with Gasteiger partial charge in [0.25, 0.3) is 5.91 Å². The van der Waals surface area contributed by atoms with Gasteiger partial charge in [-0.05, 0) is 18.9 Å². The molecule has 1 aliphatic carbocycles. The highest BCUT2D eigenvalue weighted by atomic mass is 35.5. The van der Waals surface area contributed by atoms with Crippen molar-refractivity contribution in [2.45, 2.75) is 25.7 Å². The van der Waals surface area contributed by atoms with Crippen LogP contribution in [-0.2, 0) is 0 Å². The maximum atomic E-state index is 11.8. The molecule has 0 radical (unpaired) electrons. The zero-order valence-electron chi connectivity index (χ0n) is 9.66. The van der Waals surface area contributed by atoms with E-state index in [0.717, 1.165) is 12.8 Å². The summed E-state index contributed by atoms with van der Waals surface area (Å²) in [6.45, 7) is 0.650. The maximum Gasteiger partial charge on any atom is 0.252 e. The zero-order chi connectivity index (χ0) is 12.1. The standard InChI is InChI=1S/C12H16ClN3O/c13-8-12(4-1-2-5-12)9-14-11(17)10-3-6-15-16-7-10/h3,6-7H,1-2,4-5,8-9H2,(H,14,17). The van der Waals surface area contributed by atoms with Crippen LogP contribution in [0.1, 0.15) is 36.0 Å². The fraction of sp³-hybridized carbons (Fsp3) is 0.583. The molecule has 1 aromatic rings. The fourth-order valence-electron chi connectivity index (χ4n) is 2.28. The molecule has 5 heteroatoms. The van der Waals surface area contributed by atoms with E-state index in [1.165, 1.54) is 25.2 Å². The quantitative estimate of drug-likeness (QED) is 0.835. The summed E-state index contributed by atoms with van der Waals surface area (Å²) in [6, 6.07) is 1.66. The SMILES string of the molecule is O=C(NCC1(CCl)CCCC1)c1ccnnc1. The molecule has 1 aliphatic rings. The molecule has 1 fully saturated rings. The summed E-state index contributed by atoms with van der Waals surface area (Å²) in [5.41, 5.74) is 0.639. The van der Waals surface area contributed by atoms with Gasteiger partial charge in [0.2, 0.25) is 0 Å². The molecule has 1 amide bonds. The third-order valence-electron chi connectivity index (χ3n) is 3.42. The van der Waals surface area contributed by atoms with Gasteiger partial charge in [0, 0.05) is 17.8 Å². The molecule has 0 bridgehead atoms. The first-order valence-corrected chi connectivity index (χ1v) is 6.40. The number of carbonyl (C=O) groups excluding carboxylic acids is 1. The van der Waals surface area contributed by atoms with Gasteiger partial charge in [-0.3, -0.25) is 4.79 Å². The van der Waals surface area contributed by atoms with E-state index in [4.69, 9.17) is 11.6 Å². The van der Waals surface area contributed by atoms with E-state index in [1.54, 1.807) is 6.07 Å². The van der Waals surface area contributed by atoms with E-state index in [2.05, 4.69) is 15.5 Å². The van der Waals surface area contributed by atoms with E-state index in [0.29, 0.717) is 18.0 Å². The fourth-order valence-corrected chi connectivity index (χ4v) is 2.64. The van der Waals surface area contributed by atoms with Crippen LogP contribution in [0.15, 0.2) is 18.5 Å². The monoisotopic (exact) mass is 253 g/mol. The average molecular weight is 254 g/mol.